The molecule has 0 atom stereocenters. The lowest BCUT2D eigenvalue weighted by Crippen LogP contribution is -2.30. The van der Waals surface area contributed by atoms with Crippen molar-refractivity contribution in [3.05, 3.63) is 219 Å². The maximum atomic E-state index is 14.7. The van der Waals surface area contributed by atoms with Gasteiger partial charge in [0.15, 0.2) is 23.7 Å². The van der Waals surface area contributed by atoms with Crippen molar-refractivity contribution < 1.29 is 82.0 Å². The van der Waals surface area contributed by atoms with Gasteiger partial charge in [0, 0.05) is 22.0 Å². The number of carbonyl (C=O) groups is 2. The summed E-state index contributed by atoms with van der Waals surface area (Å²) < 4.78 is 53.5. The maximum Gasteiger partial charge on any atom is 0.360 e. The summed E-state index contributed by atoms with van der Waals surface area (Å²) in [4.78, 5) is 59.1. The van der Waals surface area contributed by atoms with Crippen LogP contribution in [0.3, 0.4) is 0 Å². The van der Waals surface area contributed by atoms with Gasteiger partial charge in [-0.3, -0.25) is 10.0 Å². The third-order valence-electron chi connectivity index (χ3n) is 11.8. The normalized spacial score (nSPS) is 12.1. The summed E-state index contributed by atoms with van der Waals surface area (Å²) in [5, 5.41) is 43.6. The van der Waals surface area contributed by atoms with Crippen LogP contribution in [0.5, 0.6) is 0 Å². The largest absolute Gasteiger partial charge is 0.470 e. The highest BCUT2D eigenvalue weighted by Gasteiger charge is 2.27. The molecule has 1 heterocycles. The summed E-state index contributed by atoms with van der Waals surface area (Å²) in [7, 11) is 5.00. The molecule has 0 fully saturated rings. The number of ether oxygens (including phenoxy) is 2. The standard InChI is InChI=1S/C21H22FN3O4.C20H21FN2O4.C19H20FN3O4.C3H7Br.CH3.H3NO.H2O/c1-14-6-4-7-16(12-14)15(2)23-29-13-17-8-5-9-18(22)19(17)20(24-26-3)21-25-28-11-10-27-21;1-13-7-5-8-15(11-13)14(2)22-27-12-16-9-6-10-17(21)18(16)19(23-26-4)20(24)25-3;1-12-6-4-7-14(10-12)13(2)22-27-11-15-8-5-9-16(20)17(15)18(23-26-3)19(24)21-25;1-2-3-4;;1-2;/h4-9,12H,10-11,13H2,1-3H3;5-11H,12H2,1-4H3;4-10,25H,11H2,1-3H3,(H,21,24);2-3H2,1H3;1H3;2H,1H2;1H2/q;;;;-1;;. The summed E-state index contributed by atoms with van der Waals surface area (Å²) >= 11 is 3.25. The average Bonchev–Trinajstić information content (AvgIpc) is 1.18. The second-order valence-electron chi connectivity index (χ2n) is 18.3. The lowest BCUT2D eigenvalue weighted by atomic mass is 10.0. The molecular weight excluding hydrogens is 1260 g/mol. The van der Waals surface area contributed by atoms with Crippen molar-refractivity contribution >= 4 is 68.0 Å². The van der Waals surface area contributed by atoms with Gasteiger partial charge in [-0.2, -0.15) is 0 Å². The highest BCUT2D eigenvalue weighted by Crippen LogP contribution is 2.22. The molecule has 1 amide bonds. The molecule has 0 aromatic heterocycles. The molecule has 0 saturated heterocycles. The number of rotatable bonds is 22. The summed E-state index contributed by atoms with van der Waals surface area (Å²) in [6.45, 7) is 14.0. The molecule has 0 spiro atoms. The summed E-state index contributed by atoms with van der Waals surface area (Å²) in [5.41, 5.74) is 10.1. The quantitative estimate of drug-likeness (QED) is 0.0123. The molecule has 6 aromatic carbocycles. The number of carbonyl (C=O) groups excluding carboxylic acids is 2. The van der Waals surface area contributed by atoms with E-state index in [0.29, 0.717) is 40.4 Å². The molecule has 492 valence electrons. The number of alkyl halides is 1. The zero-order valence-corrected chi connectivity index (χ0v) is 54.3. The average molecular weight is 1330 g/mol. The molecule has 0 unspecified atom stereocenters. The van der Waals surface area contributed by atoms with Gasteiger partial charge in [0.25, 0.3) is 11.8 Å². The highest BCUT2D eigenvalue weighted by atomic mass is 79.9. The van der Waals surface area contributed by atoms with E-state index < -0.39 is 35.0 Å². The van der Waals surface area contributed by atoms with Gasteiger partial charge in [-0.15, -0.1) is 0 Å². The molecule has 6 aromatic rings. The number of hydrogen-bond acceptors (Lipinski definition) is 21. The smallest absolute Gasteiger partial charge is 0.360 e. The van der Waals surface area contributed by atoms with E-state index in [9.17, 15) is 22.8 Å². The number of benzene rings is 6. The Morgan fingerprint density at radius 2 is 0.945 bits per heavy atom. The van der Waals surface area contributed by atoms with Gasteiger partial charge >= 0.3 is 5.97 Å². The first-order valence-electron chi connectivity index (χ1n) is 27.0. The van der Waals surface area contributed by atoms with E-state index in [4.69, 9.17) is 39.3 Å². The van der Waals surface area contributed by atoms with Crippen molar-refractivity contribution in [2.45, 2.75) is 74.7 Å². The second kappa shape index (κ2) is 44.0. The lowest BCUT2D eigenvalue weighted by molar-refractivity contribution is -0.132. The van der Waals surface area contributed by atoms with E-state index in [1.165, 1.54) is 64.6 Å². The Hall–Kier alpha value is -9.54. The predicted molar refractivity (Wildman–Crippen MR) is 346 cm³/mol. The first-order valence-corrected chi connectivity index (χ1v) is 28.1. The topological polar surface area (TPSA) is 314 Å². The number of nitrogens with one attached hydrogen (secondary N) is 1. The van der Waals surface area contributed by atoms with Crippen molar-refractivity contribution in [2.75, 3.05) is 47.0 Å². The van der Waals surface area contributed by atoms with E-state index >= 15 is 0 Å². The van der Waals surface area contributed by atoms with Crippen molar-refractivity contribution in [3.8, 4) is 0 Å². The number of esters is 1. The number of amides is 1. The minimum atomic E-state index is -1.01. The molecule has 27 heteroatoms. The molecule has 0 aliphatic carbocycles. The molecule has 0 bridgehead atoms. The van der Waals surface area contributed by atoms with Crippen LogP contribution in [0, 0.1) is 45.6 Å². The Bertz CT molecular complexity index is 3330. The number of nitrogens with zero attached hydrogens (tertiary/aromatic N) is 7. The Morgan fingerprint density at radius 1 is 0.582 bits per heavy atom. The van der Waals surface area contributed by atoms with Crippen LogP contribution in [0.1, 0.15) is 101 Å². The number of halogens is 4. The molecular formula is C64H78BrF3N9O14-. The number of oxime groups is 7. The van der Waals surface area contributed by atoms with E-state index in [-0.39, 0.29) is 73.3 Å². The van der Waals surface area contributed by atoms with Gasteiger partial charge in [0.1, 0.15) is 65.2 Å². The van der Waals surface area contributed by atoms with Crippen LogP contribution < -0.4 is 11.4 Å². The zero-order valence-electron chi connectivity index (χ0n) is 52.7. The van der Waals surface area contributed by atoms with Crippen LogP contribution in [0.4, 0.5) is 13.2 Å². The maximum absolute atomic E-state index is 14.7. The molecule has 1 aliphatic heterocycles. The summed E-state index contributed by atoms with van der Waals surface area (Å²) in [6.07, 6.45) is 1.24. The molecule has 7 N–H and O–H groups in total. The van der Waals surface area contributed by atoms with Gasteiger partial charge in [-0.1, -0.05) is 180 Å². The number of hydrogen-bond donors (Lipinski definition) is 4. The number of methoxy groups -OCH3 is 1. The van der Waals surface area contributed by atoms with Gasteiger partial charge in [-0.25, -0.2) is 29.3 Å². The van der Waals surface area contributed by atoms with Crippen molar-refractivity contribution in [1.29, 1.82) is 0 Å². The van der Waals surface area contributed by atoms with Crippen LogP contribution in [0.2, 0.25) is 0 Å². The van der Waals surface area contributed by atoms with E-state index in [2.05, 4.69) is 79.3 Å². The van der Waals surface area contributed by atoms with Crippen molar-refractivity contribution in [3.63, 3.8) is 0 Å². The molecule has 91 heavy (non-hydrogen) atoms. The Labute approximate surface area is 535 Å². The minimum absolute atomic E-state index is 0. The van der Waals surface area contributed by atoms with E-state index in [1.807, 2.05) is 107 Å². The third-order valence-corrected chi connectivity index (χ3v) is 12.6. The lowest BCUT2D eigenvalue weighted by Gasteiger charge is -2.17. The van der Waals surface area contributed by atoms with Crippen LogP contribution >= 0.6 is 15.9 Å². The fourth-order valence-electron chi connectivity index (χ4n) is 7.65. The molecule has 7 rings (SSSR count). The van der Waals surface area contributed by atoms with Gasteiger partial charge < -0.3 is 61.4 Å². The number of nitrogens with two attached hydrogens (primary N) is 1. The van der Waals surface area contributed by atoms with Gasteiger partial charge in [-0.05, 0) is 88.0 Å². The Kier molecular flexibility index (Phi) is 38.4. The zero-order chi connectivity index (χ0) is 65.7. The van der Waals surface area contributed by atoms with Crippen molar-refractivity contribution in [2.24, 2.45) is 42.0 Å². The molecule has 0 saturated carbocycles. The first-order chi connectivity index (χ1) is 43.0. The molecule has 0 radical (unpaired) electrons. The van der Waals surface area contributed by atoms with Crippen molar-refractivity contribution in [1.82, 2.24) is 5.48 Å². The van der Waals surface area contributed by atoms with Gasteiger partial charge in [0.05, 0.1) is 40.9 Å². The third kappa shape index (κ3) is 25.8. The summed E-state index contributed by atoms with van der Waals surface area (Å²) in [5.74, 6) is -0.154. The minimum Gasteiger partial charge on any atom is -0.470 e. The second-order valence-corrected chi connectivity index (χ2v) is 19.1. The van der Waals surface area contributed by atoms with Gasteiger partial charge in [0.2, 0.25) is 0 Å². The van der Waals surface area contributed by atoms with Crippen LogP contribution in [0.15, 0.2) is 163 Å². The fourth-order valence-corrected chi connectivity index (χ4v) is 7.65. The number of hydroxylamine groups is 1. The Morgan fingerprint density at radius 3 is 1.29 bits per heavy atom. The Balaban J connectivity index is 0.000000646. The number of aryl methyl sites for hydroxylation is 3. The van der Waals surface area contributed by atoms with E-state index in [1.54, 1.807) is 31.2 Å². The first kappa shape index (κ1) is 79.5. The van der Waals surface area contributed by atoms with Crippen LogP contribution in [0.25, 0.3) is 0 Å². The van der Waals surface area contributed by atoms with E-state index in [0.717, 1.165) is 44.8 Å². The predicted octanol–water partition coefficient (Wildman–Crippen LogP) is 11.1. The molecule has 23 nitrogen and oxygen atoms in total. The SMILES string of the molecule is CCCBr.CON=C(C(=O)NO)c1c(F)cccc1CON=C(C)c1cccc(C)c1.CON=C(C(=O)OC)c1c(F)cccc1CON=C(C)c1cccc(C)c1.CON=C(C1=NOCCO1)c1c(F)cccc1CON=C(C)c1cccc(C)c1.NO.O.[CH3-]. The monoisotopic (exact) mass is 1330 g/mol. The molecule has 1 aliphatic rings. The van der Waals surface area contributed by atoms with Crippen LogP contribution in [-0.2, 0) is 72.7 Å². The highest BCUT2D eigenvalue weighted by molar-refractivity contribution is 9.09. The summed E-state index contributed by atoms with van der Waals surface area (Å²) in [6, 6.07) is 36.6. The van der Waals surface area contributed by atoms with Crippen LogP contribution in [-0.4, -0.2) is 115 Å². The fraction of sp³-hybridized carbons (Fsp3) is 0.281.